The molecule has 0 atom stereocenters. The Hall–Kier alpha value is -7.01. The summed E-state index contributed by atoms with van der Waals surface area (Å²) >= 11 is 4.35. The number of fused-ring (bicyclic) bond motifs is 1. The monoisotopic (exact) mass is 815 g/mol. The van der Waals surface area contributed by atoms with Crippen molar-refractivity contribution in [3.8, 4) is 17.2 Å². The number of nitro benzene ring substituents is 1. The van der Waals surface area contributed by atoms with Crippen LogP contribution in [0.2, 0.25) is 0 Å². The normalized spacial score (nSPS) is 12.2. The second-order valence-corrected chi connectivity index (χ2v) is 15.1. The van der Waals surface area contributed by atoms with E-state index in [-0.39, 0.29) is 71.9 Å². The smallest absolute Gasteiger partial charge is 0.296 e. The van der Waals surface area contributed by atoms with Crippen LogP contribution in [0.4, 0.5) is 51.2 Å². The van der Waals surface area contributed by atoms with Crippen molar-refractivity contribution >= 4 is 94.7 Å². The molecular weight excluding hydrogens is 791 g/mol. The van der Waals surface area contributed by atoms with E-state index in [1.165, 1.54) is 91.0 Å². The molecule has 0 bridgehead atoms. The Morgan fingerprint density at radius 2 is 1.25 bits per heavy atom. The number of nitrogens with zero attached hydrogens (tertiary/aromatic N) is 7. The molecule has 0 unspecified atom stereocenters. The van der Waals surface area contributed by atoms with E-state index in [1.807, 2.05) is 0 Å². The van der Waals surface area contributed by atoms with E-state index in [1.54, 1.807) is 0 Å². The Balaban J connectivity index is 1.24. The molecule has 0 saturated carbocycles. The number of nitrogens with one attached hydrogen (secondary N) is 1. The third-order valence-corrected chi connectivity index (χ3v) is 10.3. The van der Waals surface area contributed by atoms with Gasteiger partial charge in [-0.2, -0.15) is 23.8 Å². The predicted octanol–water partition coefficient (Wildman–Crippen LogP) is 9.03. The maximum absolute atomic E-state index is 13.1. The number of hydrogen-bond donors (Lipinski definition) is 7. The summed E-state index contributed by atoms with van der Waals surface area (Å²) in [5.41, 5.74) is 6.09. The van der Waals surface area contributed by atoms with Crippen molar-refractivity contribution in [1.29, 1.82) is 0 Å². The quantitative estimate of drug-likeness (QED) is 0.0161. The molecule has 0 aliphatic heterocycles. The van der Waals surface area contributed by atoms with Gasteiger partial charge in [0.05, 0.1) is 38.0 Å². The van der Waals surface area contributed by atoms with Crippen LogP contribution in [0.25, 0.3) is 10.8 Å². The first-order chi connectivity index (χ1) is 26.5. The second-order valence-electron chi connectivity index (χ2n) is 11.5. The summed E-state index contributed by atoms with van der Waals surface area (Å²) in [6.45, 7) is 0. The predicted molar refractivity (Wildman–Crippen MR) is 206 cm³/mol. The molecule has 0 amide bonds. The number of rotatable bonds is 11. The van der Waals surface area contributed by atoms with Gasteiger partial charge >= 0.3 is 0 Å². The largest absolute Gasteiger partial charge is 0.508 e. The lowest BCUT2D eigenvalue weighted by Gasteiger charge is -2.13. The van der Waals surface area contributed by atoms with Crippen LogP contribution < -0.4 is 10.5 Å². The fraction of sp³-hybridized carbons (Fsp3) is 0. The van der Waals surface area contributed by atoms with Crippen molar-refractivity contribution in [1.82, 2.24) is 0 Å². The summed E-state index contributed by atoms with van der Waals surface area (Å²) in [5.74, 6) is -1.23. The molecule has 6 rings (SSSR count). The number of nitrogen functional groups attached to an aromatic ring is 1. The highest BCUT2D eigenvalue weighted by atomic mass is 32.2. The molecule has 0 radical (unpaired) electrons. The van der Waals surface area contributed by atoms with Crippen molar-refractivity contribution in [2.24, 2.45) is 30.7 Å². The number of phenolic OH excluding ortho intramolecular Hbond substituents is 3. The van der Waals surface area contributed by atoms with Crippen LogP contribution in [0.15, 0.2) is 149 Å². The molecule has 22 heteroatoms. The zero-order valence-electron chi connectivity index (χ0n) is 28.0. The Kier molecular flexibility index (Phi) is 10.6. The lowest BCUT2D eigenvalue weighted by Crippen LogP contribution is -2.12. The van der Waals surface area contributed by atoms with E-state index < -0.39 is 41.4 Å². The lowest BCUT2D eigenvalue weighted by molar-refractivity contribution is -0.384. The van der Waals surface area contributed by atoms with Crippen LogP contribution in [-0.4, -0.2) is 41.6 Å². The van der Waals surface area contributed by atoms with Gasteiger partial charge in [-0.15, -0.1) is 28.0 Å². The molecule has 0 aliphatic rings. The fourth-order valence-electron chi connectivity index (χ4n) is 4.99. The lowest BCUT2D eigenvalue weighted by atomic mass is 10.1. The summed E-state index contributed by atoms with van der Waals surface area (Å²) < 4.78 is 63.3. The van der Waals surface area contributed by atoms with Gasteiger partial charge in [-0.25, -0.2) is 8.42 Å². The molecule has 6 aromatic carbocycles. The van der Waals surface area contributed by atoms with E-state index in [0.29, 0.717) is 5.69 Å². The third kappa shape index (κ3) is 8.52. The van der Waals surface area contributed by atoms with Crippen LogP contribution in [0.1, 0.15) is 0 Å². The van der Waals surface area contributed by atoms with Gasteiger partial charge in [0, 0.05) is 28.8 Å². The number of phenols is 3. The number of non-ortho nitro benzene ring substituents is 1. The average molecular weight is 816 g/mol. The first kappa shape index (κ1) is 38.7. The van der Waals surface area contributed by atoms with Gasteiger partial charge < -0.3 is 21.1 Å². The number of aromatic hydroxyl groups is 3. The number of azo groups is 3. The fourth-order valence-corrected chi connectivity index (χ4v) is 7.01. The Morgan fingerprint density at radius 1 is 0.696 bits per heavy atom. The van der Waals surface area contributed by atoms with Crippen molar-refractivity contribution in [2.75, 3.05) is 10.5 Å². The summed E-state index contributed by atoms with van der Waals surface area (Å²) in [4.78, 5) is 9.46. The number of anilines is 2. The van der Waals surface area contributed by atoms with Crippen LogP contribution in [0, 0.1) is 10.1 Å². The molecule has 0 heterocycles. The van der Waals surface area contributed by atoms with E-state index in [9.17, 15) is 46.8 Å². The van der Waals surface area contributed by atoms with Crippen molar-refractivity contribution in [2.45, 2.75) is 14.7 Å². The highest BCUT2D eigenvalue weighted by molar-refractivity contribution is 7.92. The van der Waals surface area contributed by atoms with Gasteiger partial charge in [-0.3, -0.25) is 19.4 Å². The molecule has 0 spiro atoms. The molecule has 284 valence electrons. The topological polar surface area (TPSA) is 305 Å². The first-order valence-corrected chi connectivity index (χ1v) is 18.9. The molecule has 0 saturated heterocycles. The summed E-state index contributed by atoms with van der Waals surface area (Å²) in [5, 5.41) is 65.1. The summed E-state index contributed by atoms with van der Waals surface area (Å²) in [7, 11) is -9.13. The first-order valence-electron chi connectivity index (χ1n) is 15.5. The van der Waals surface area contributed by atoms with Crippen molar-refractivity contribution in [3.05, 3.63) is 113 Å². The minimum atomic E-state index is -5.01. The summed E-state index contributed by atoms with van der Waals surface area (Å²) in [6, 6.07) is 21.9. The molecule has 0 aromatic heterocycles. The standard InChI is InChI=1S/C34H25N9O10S3/c35-31-30-18(15-28(54)32(31)40-37-20-5-9-23(10-6-20)43(47)48)16-29(56(51,52)53)33(34(30)46)41-38-21-7-12-25(13-8-21)55(49,50)42-22-3-1-19(2-4-22)36-39-26-14-11-24(44)17-27(26)45/h1-17,42,44-46,54H,35H2,(H,51,52,53). The number of hydrogen-bond acceptors (Lipinski definition) is 17. The van der Waals surface area contributed by atoms with Gasteiger partial charge in [0.25, 0.3) is 25.8 Å². The number of benzene rings is 6. The van der Waals surface area contributed by atoms with Crippen LogP contribution in [0.5, 0.6) is 17.2 Å². The van der Waals surface area contributed by atoms with Crippen LogP contribution >= 0.6 is 12.6 Å². The Bertz CT molecular complexity index is 2840. The molecule has 56 heavy (non-hydrogen) atoms. The Labute approximate surface area is 321 Å². The SMILES string of the molecule is Nc1c(N=Nc2ccc([N+](=O)[O-])cc2)c(S)cc2cc(S(=O)(=O)O)c(N=Nc3ccc(S(=O)(=O)Nc4ccc(N=Nc5ccc(O)cc5O)cc4)cc3)c(O)c12. The number of thiol groups is 1. The minimum absolute atomic E-state index is 0.0235. The van der Waals surface area contributed by atoms with Gasteiger partial charge in [0.15, 0.2) is 5.75 Å². The Morgan fingerprint density at radius 3 is 1.82 bits per heavy atom. The molecule has 7 N–H and O–H groups in total. The molecular formula is C34H25N9O10S3. The van der Waals surface area contributed by atoms with E-state index in [0.717, 1.165) is 12.1 Å². The zero-order valence-corrected chi connectivity index (χ0v) is 30.6. The van der Waals surface area contributed by atoms with Gasteiger partial charge in [0.1, 0.15) is 33.5 Å². The van der Waals surface area contributed by atoms with Crippen LogP contribution in [0.3, 0.4) is 0 Å². The van der Waals surface area contributed by atoms with E-state index in [2.05, 4.69) is 48.0 Å². The molecule has 0 fully saturated rings. The highest BCUT2D eigenvalue weighted by Crippen LogP contribution is 2.48. The molecule has 6 aromatic rings. The van der Waals surface area contributed by atoms with Crippen molar-refractivity contribution in [3.63, 3.8) is 0 Å². The third-order valence-electron chi connectivity index (χ3n) is 7.70. The molecule has 19 nitrogen and oxygen atoms in total. The molecule has 0 aliphatic carbocycles. The average Bonchev–Trinajstić information content (AvgIpc) is 3.14. The maximum atomic E-state index is 13.1. The zero-order chi connectivity index (χ0) is 40.4. The number of sulfonamides is 1. The van der Waals surface area contributed by atoms with Gasteiger partial charge in [-0.05, 0) is 90.3 Å². The minimum Gasteiger partial charge on any atom is -0.508 e. The maximum Gasteiger partial charge on any atom is 0.296 e. The number of nitro groups is 1. The van der Waals surface area contributed by atoms with Gasteiger partial charge in [0.2, 0.25) is 0 Å². The van der Waals surface area contributed by atoms with Crippen LogP contribution in [-0.2, 0) is 20.1 Å². The summed E-state index contributed by atoms with van der Waals surface area (Å²) in [6.07, 6.45) is 0. The van der Waals surface area contributed by atoms with Crippen molar-refractivity contribution < 1.29 is 41.6 Å². The highest BCUT2D eigenvalue weighted by Gasteiger charge is 2.25. The second kappa shape index (κ2) is 15.4. The van der Waals surface area contributed by atoms with E-state index >= 15 is 0 Å². The van der Waals surface area contributed by atoms with E-state index in [4.69, 9.17) is 5.73 Å². The number of nitrogens with two attached hydrogens (primary N) is 1. The van der Waals surface area contributed by atoms with Gasteiger partial charge in [-0.1, -0.05) is 0 Å².